The van der Waals surface area contributed by atoms with E-state index < -0.39 is 17.6 Å². The van der Waals surface area contributed by atoms with Crippen molar-refractivity contribution in [2.75, 3.05) is 5.32 Å². The molecule has 0 aliphatic carbocycles. The largest absolute Gasteiger partial charge is 0.416 e. The van der Waals surface area contributed by atoms with Crippen LogP contribution in [0.4, 0.5) is 18.9 Å². The second-order valence-corrected chi connectivity index (χ2v) is 6.82. The number of thiophene rings is 1. The van der Waals surface area contributed by atoms with Crippen molar-refractivity contribution in [3.8, 4) is 0 Å². The van der Waals surface area contributed by atoms with Gasteiger partial charge >= 0.3 is 6.18 Å². The number of nitrogens with one attached hydrogen (secondary N) is 1. The van der Waals surface area contributed by atoms with E-state index in [9.17, 15) is 18.0 Å². The minimum atomic E-state index is -4.36. The average Bonchev–Trinajstić information content (AvgIpc) is 3.21. The van der Waals surface area contributed by atoms with Gasteiger partial charge in [0.05, 0.1) is 10.4 Å². The summed E-state index contributed by atoms with van der Waals surface area (Å²) in [7, 11) is 0. The van der Waals surface area contributed by atoms with Crippen LogP contribution >= 0.6 is 11.3 Å². The summed E-state index contributed by atoms with van der Waals surface area (Å²) in [6, 6.07) is 15.3. The first-order chi connectivity index (χ1) is 13.3. The molecule has 0 bridgehead atoms. The molecule has 0 spiro atoms. The molecule has 1 amide bonds. The summed E-state index contributed by atoms with van der Waals surface area (Å²) in [4.78, 5) is 16.6. The maximum atomic E-state index is 12.6. The lowest BCUT2D eigenvalue weighted by Gasteiger charge is -2.12. The van der Waals surface area contributed by atoms with Crippen LogP contribution in [0.5, 0.6) is 0 Å². The average molecular weight is 403 g/mol. The van der Waals surface area contributed by atoms with Gasteiger partial charge in [-0.15, -0.1) is 11.3 Å². The summed E-state index contributed by atoms with van der Waals surface area (Å²) in [5.41, 5.74) is 7.16. The zero-order valence-corrected chi connectivity index (χ0v) is 15.3. The highest BCUT2D eigenvalue weighted by molar-refractivity contribution is 7.12. The van der Waals surface area contributed by atoms with E-state index in [0.29, 0.717) is 28.2 Å². The molecule has 144 valence electrons. The van der Waals surface area contributed by atoms with Gasteiger partial charge < -0.3 is 11.1 Å². The Morgan fingerprint density at radius 1 is 1.04 bits per heavy atom. The number of carbonyl (C=O) groups is 1. The van der Waals surface area contributed by atoms with Crippen LogP contribution in [0.1, 0.15) is 26.4 Å². The van der Waals surface area contributed by atoms with Gasteiger partial charge in [0.15, 0.2) is 0 Å². The molecule has 0 radical (unpaired) electrons. The Morgan fingerprint density at radius 3 is 2.39 bits per heavy atom. The maximum Gasteiger partial charge on any atom is 0.416 e. The molecule has 0 fully saturated rings. The molecule has 0 saturated heterocycles. The molecule has 3 rings (SSSR count). The predicted molar refractivity (Wildman–Crippen MR) is 105 cm³/mol. The standard InChI is InChI=1S/C20H16F3N3OS/c21-20(22,23)14-9-7-13(8-10-14)12-25-16-5-2-1-4-15(16)18(24)26-19(27)17-6-3-11-28-17/h1-11,25H,12H2,(H2,24,26,27). The second kappa shape index (κ2) is 8.26. The van der Waals surface area contributed by atoms with Gasteiger partial charge in [0.1, 0.15) is 5.84 Å². The van der Waals surface area contributed by atoms with Crippen molar-refractivity contribution in [2.24, 2.45) is 10.7 Å². The first kappa shape index (κ1) is 19.6. The van der Waals surface area contributed by atoms with E-state index >= 15 is 0 Å². The number of rotatable bonds is 5. The molecule has 2 aromatic carbocycles. The Kier molecular flexibility index (Phi) is 5.79. The van der Waals surface area contributed by atoms with Crippen molar-refractivity contribution in [1.82, 2.24) is 0 Å². The summed E-state index contributed by atoms with van der Waals surface area (Å²) in [5.74, 6) is -0.362. The molecule has 0 aliphatic heterocycles. The molecule has 0 aliphatic rings. The third kappa shape index (κ3) is 4.77. The number of amidine groups is 1. The lowest BCUT2D eigenvalue weighted by atomic mass is 10.1. The third-order valence-corrected chi connectivity index (χ3v) is 4.78. The van der Waals surface area contributed by atoms with E-state index in [-0.39, 0.29) is 5.84 Å². The van der Waals surface area contributed by atoms with Crippen LogP contribution in [-0.4, -0.2) is 11.7 Å². The van der Waals surface area contributed by atoms with Crippen molar-refractivity contribution in [3.05, 3.63) is 87.6 Å². The number of benzene rings is 2. The van der Waals surface area contributed by atoms with Gasteiger partial charge in [-0.05, 0) is 41.3 Å². The van der Waals surface area contributed by atoms with Crippen LogP contribution in [0.15, 0.2) is 71.0 Å². The number of anilines is 1. The van der Waals surface area contributed by atoms with Crippen molar-refractivity contribution < 1.29 is 18.0 Å². The Hall–Kier alpha value is -3.13. The number of carbonyl (C=O) groups excluding carboxylic acids is 1. The van der Waals surface area contributed by atoms with Gasteiger partial charge in [-0.25, -0.2) is 0 Å². The van der Waals surface area contributed by atoms with Crippen LogP contribution < -0.4 is 11.1 Å². The van der Waals surface area contributed by atoms with Gasteiger partial charge in [-0.3, -0.25) is 4.79 Å². The molecule has 1 heterocycles. The van der Waals surface area contributed by atoms with Gasteiger partial charge in [0, 0.05) is 17.8 Å². The fraction of sp³-hybridized carbons (Fsp3) is 0.100. The zero-order valence-electron chi connectivity index (χ0n) is 14.5. The molecular weight excluding hydrogens is 387 g/mol. The van der Waals surface area contributed by atoms with Crippen LogP contribution in [0.25, 0.3) is 0 Å². The minimum Gasteiger partial charge on any atom is -0.383 e. The van der Waals surface area contributed by atoms with E-state index in [1.54, 1.807) is 41.8 Å². The zero-order chi connectivity index (χ0) is 20.1. The first-order valence-corrected chi connectivity index (χ1v) is 9.14. The van der Waals surface area contributed by atoms with E-state index in [0.717, 1.165) is 12.1 Å². The predicted octanol–water partition coefficient (Wildman–Crippen LogP) is 4.92. The number of para-hydroxylation sites is 1. The number of hydrogen-bond donors (Lipinski definition) is 2. The fourth-order valence-electron chi connectivity index (χ4n) is 2.49. The molecule has 4 nitrogen and oxygen atoms in total. The molecule has 0 atom stereocenters. The van der Waals surface area contributed by atoms with Gasteiger partial charge in [0.2, 0.25) is 0 Å². The quantitative estimate of drug-likeness (QED) is 0.469. The highest BCUT2D eigenvalue weighted by Crippen LogP contribution is 2.29. The second-order valence-electron chi connectivity index (χ2n) is 5.87. The summed E-state index contributed by atoms with van der Waals surface area (Å²) in [6.45, 7) is 0.293. The van der Waals surface area contributed by atoms with Gasteiger partial charge in [-0.2, -0.15) is 18.2 Å². The SMILES string of the molecule is NC(=NC(=O)c1cccs1)c1ccccc1NCc1ccc(C(F)(F)F)cc1. The van der Waals surface area contributed by atoms with Crippen molar-refractivity contribution in [3.63, 3.8) is 0 Å². The van der Waals surface area contributed by atoms with E-state index in [2.05, 4.69) is 10.3 Å². The summed E-state index contributed by atoms with van der Waals surface area (Å²) < 4.78 is 37.9. The van der Waals surface area contributed by atoms with Crippen LogP contribution in [-0.2, 0) is 12.7 Å². The Bertz CT molecular complexity index is 981. The Balaban J connectivity index is 1.74. The van der Waals surface area contributed by atoms with Crippen molar-refractivity contribution in [2.45, 2.75) is 12.7 Å². The number of nitrogens with two attached hydrogens (primary N) is 1. The fourth-order valence-corrected chi connectivity index (χ4v) is 3.10. The van der Waals surface area contributed by atoms with E-state index in [4.69, 9.17) is 5.73 Å². The number of halogens is 3. The van der Waals surface area contributed by atoms with Gasteiger partial charge in [0.25, 0.3) is 5.91 Å². The highest BCUT2D eigenvalue weighted by Gasteiger charge is 2.29. The number of hydrogen-bond acceptors (Lipinski definition) is 3. The number of alkyl halides is 3. The van der Waals surface area contributed by atoms with E-state index in [1.807, 2.05) is 0 Å². The molecule has 3 aromatic rings. The maximum absolute atomic E-state index is 12.6. The lowest BCUT2D eigenvalue weighted by Crippen LogP contribution is -2.18. The summed E-state index contributed by atoms with van der Waals surface area (Å²) >= 11 is 1.27. The smallest absolute Gasteiger partial charge is 0.383 e. The lowest BCUT2D eigenvalue weighted by molar-refractivity contribution is -0.137. The van der Waals surface area contributed by atoms with Gasteiger partial charge in [-0.1, -0.05) is 30.3 Å². The van der Waals surface area contributed by atoms with Crippen LogP contribution in [0.3, 0.4) is 0 Å². The normalized spacial score (nSPS) is 12.0. The van der Waals surface area contributed by atoms with Crippen molar-refractivity contribution in [1.29, 1.82) is 0 Å². The molecule has 3 N–H and O–H groups in total. The molecule has 8 heteroatoms. The van der Waals surface area contributed by atoms with Crippen molar-refractivity contribution >= 4 is 28.8 Å². The number of nitrogens with zero attached hydrogens (tertiary/aromatic N) is 1. The van der Waals surface area contributed by atoms with Crippen LogP contribution in [0.2, 0.25) is 0 Å². The molecular formula is C20H16F3N3OS. The monoisotopic (exact) mass is 403 g/mol. The molecule has 1 aromatic heterocycles. The molecule has 0 unspecified atom stereocenters. The Labute approximate surface area is 163 Å². The third-order valence-electron chi connectivity index (χ3n) is 3.92. The topological polar surface area (TPSA) is 67.5 Å². The number of aliphatic imine (C=N–C) groups is 1. The number of amides is 1. The van der Waals surface area contributed by atoms with Crippen LogP contribution in [0, 0.1) is 0 Å². The minimum absolute atomic E-state index is 0.0638. The summed E-state index contributed by atoms with van der Waals surface area (Å²) in [6.07, 6.45) is -4.36. The summed E-state index contributed by atoms with van der Waals surface area (Å²) in [5, 5.41) is 4.90. The molecule has 0 saturated carbocycles. The molecule has 28 heavy (non-hydrogen) atoms. The first-order valence-electron chi connectivity index (χ1n) is 8.26. The Morgan fingerprint density at radius 2 is 1.75 bits per heavy atom. The highest BCUT2D eigenvalue weighted by atomic mass is 32.1. The van der Waals surface area contributed by atoms with E-state index in [1.165, 1.54) is 23.5 Å².